The third-order valence-corrected chi connectivity index (χ3v) is 2.91. The number of fused-ring (bicyclic) bond motifs is 1. The van der Waals surface area contributed by atoms with Crippen LogP contribution in [-0.4, -0.2) is 31.1 Å². The fourth-order valence-corrected chi connectivity index (χ4v) is 1.81. The number of hydrogen-bond donors (Lipinski definition) is 1. The molecule has 0 atom stereocenters. The molecule has 0 spiro atoms. The number of methoxy groups -OCH3 is 1. The maximum Gasteiger partial charge on any atom is 0.394 e. The third-order valence-electron chi connectivity index (χ3n) is 2.91. The Kier molecular flexibility index (Phi) is 3.37. The van der Waals surface area contributed by atoms with E-state index in [1.54, 1.807) is 19.2 Å². The first-order valence-electron chi connectivity index (χ1n) is 5.61. The van der Waals surface area contributed by atoms with Crippen LogP contribution in [0, 0.1) is 0 Å². The normalized spacial score (nSPS) is 10.2. The average Bonchev–Trinajstić information content (AvgIpc) is 2.44. The van der Waals surface area contributed by atoms with Gasteiger partial charge >= 0.3 is 11.9 Å². The maximum atomic E-state index is 11.4. The van der Waals surface area contributed by atoms with Gasteiger partial charge in [0.25, 0.3) is 0 Å². The Bertz CT molecular complexity index is 651. The highest BCUT2D eigenvalue weighted by molar-refractivity contribution is 6.37. The van der Waals surface area contributed by atoms with Gasteiger partial charge in [0, 0.05) is 12.7 Å². The molecule has 5 nitrogen and oxygen atoms in total. The number of hydrogen-bond acceptors (Lipinski definition) is 3. The Morgan fingerprint density at radius 3 is 2.37 bits per heavy atom. The number of benzene rings is 2. The number of ether oxygens (including phenoxy) is 1. The molecule has 1 N–H and O–H groups in total. The van der Waals surface area contributed by atoms with Crippen molar-refractivity contribution in [2.24, 2.45) is 0 Å². The quantitative estimate of drug-likeness (QED) is 0.836. The highest BCUT2D eigenvalue weighted by Crippen LogP contribution is 2.25. The van der Waals surface area contributed by atoms with Gasteiger partial charge in [-0.1, -0.05) is 12.1 Å². The van der Waals surface area contributed by atoms with Gasteiger partial charge in [0.05, 0.1) is 7.11 Å². The lowest BCUT2D eigenvalue weighted by Crippen LogP contribution is -2.32. The molecule has 0 saturated carbocycles. The summed E-state index contributed by atoms with van der Waals surface area (Å²) in [4.78, 5) is 23.1. The minimum absolute atomic E-state index is 0.532. The summed E-state index contributed by atoms with van der Waals surface area (Å²) in [7, 11) is 3.02. The molecule has 0 aromatic heterocycles. The minimum atomic E-state index is -1.47. The van der Waals surface area contributed by atoms with E-state index in [1.165, 1.54) is 7.05 Å². The largest absolute Gasteiger partial charge is 0.497 e. The fraction of sp³-hybridized carbons (Fsp3) is 0.143. The molecule has 0 aliphatic carbocycles. The van der Waals surface area contributed by atoms with E-state index in [9.17, 15) is 9.59 Å². The third kappa shape index (κ3) is 2.49. The number of nitrogens with zero attached hydrogens (tertiary/aromatic N) is 1. The molecule has 0 unspecified atom stereocenters. The molecule has 2 rings (SSSR count). The van der Waals surface area contributed by atoms with Crippen molar-refractivity contribution in [3.8, 4) is 5.75 Å². The fourth-order valence-electron chi connectivity index (χ4n) is 1.81. The summed E-state index contributed by atoms with van der Waals surface area (Å²) >= 11 is 0. The van der Waals surface area contributed by atoms with Crippen molar-refractivity contribution in [2.45, 2.75) is 0 Å². The van der Waals surface area contributed by atoms with E-state index >= 15 is 0 Å². The minimum Gasteiger partial charge on any atom is -0.497 e. The lowest BCUT2D eigenvalue weighted by molar-refractivity contribution is -0.148. The number of carboxylic acid groups (broad SMARTS) is 1. The number of anilines is 1. The number of amides is 1. The number of carbonyl (C=O) groups excluding carboxylic acids is 1. The van der Waals surface area contributed by atoms with Crippen molar-refractivity contribution in [1.82, 2.24) is 0 Å². The lowest BCUT2D eigenvalue weighted by Gasteiger charge is -2.15. The predicted octanol–water partition coefficient (Wildman–Crippen LogP) is 1.90. The molecule has 0 fully saturated rings. The molecule has 0 aliphatic rings. The molecule has 2 aromatic carbocycles. The van der Waals surface area contributed by atoms with Gasteiger partial charge in [-0.2, -0.15) is 0 Å². The first kappa shape index (κ1) is 12.9. The molecule has 0 bridgehead atoms. The van der Waals surface area contributed by atoms with E-state index in [1.807, 2.05) is 24.3 Å². The maximum absolute atomic E-state index is 11.4. The van der Waals surface area contributed by atoms with Gasteiger partial charge in [-0.15, -0.1) is 0 Å². The molecule has 19 heavy (non-hydrogen) atoms. The van der Waals surface area contributed by atoms with Gasteiger partial charge in [0.2, 0.25) is 0 Å². The lowest BCUT2D eigenvalue weighted by atomic mass is 10.1. The van der Waals surface area contributed by atoms with E-state index in [-0.39, 0.29) is 0 Å². The topological polar surface area (TPSA) is 66.8 Å². The summed E-state index contributed by atoms with van der Waals surface area (Å²) in [6, 6.07) is 10.8. The zero-order chi connectivity index (χ0) is 14.0. The monoisotopic (exact) mass is 259 g/mol. The number of likely N-dealkylation sites (N-methyl/N-ethyl adjacent to an activating group) is 1. The molecule has 0 heterocycles. The van der Waals surface area contributed by atoms with Crippen molar-refractivity contribution in [1.29, 1.82) is 0 Å². The van der Waals surface area contributed by atoms with Crippen LogP contribution in [0.25, 0.3) is 10.8 Å². The smallest absolute Gasteiger partial charge is 0.394 e. The van der Waals surface area contributed by atoms with Crippen LogP contribution in [0.3, 0.4) is 0 Å². The van der Waals surface area contributed by atoms with E-state index in [0.29, 0.717) is 5.69 Å². The SMILES string of the molecule is COc1ccc2cc(N(C)C(=O)C(=O)O)ccc2c1. The van der Waals surface area contributed by atoms with Crippen molar-refractivity contribution >= 4 is 28.3 Å². The molecule has 98 valence electrons. The molecule has 0 saturated heterocycles. The van der Waals surface area contributed by atoms with Crippen LogP contribution in [0.1, 0.15) is 0 Å². The molecule has 5 heteroatoms. The summed E-state index contributed by atoms with van der Waals surface area (Å²) in [5.74, 6) is -1.69. The van der Waals surface area contributed by atoms with Crippen LogP contribution in [0.5, 0.6) is 5.75 Å². The van der Waals surface area contributed by atoms with E-state index < -0.39 is 11.9 Å². The number of carbonyl (C=O) groups is 2. The predicted molar refractivity (Wildman–Crippen MR) is 71.5 cm³/mol. The number of carboxylic acids is 1. The van der Waals surface area contributed by atoms with E-state index in [0.717, 1.165) is 21.4 Å². The van der Waals surface area contributed by atoms with Crippen LogP contribution in [0.2, 0.25) is 0 Å². The van der Waals surface area contributed by atoms with E-state index in [2.05, 4.69) is 0 Å². The first-order chi connectivity index (χ1) is 9.02. The Morgan fingerprint density at radius 1 is 1.11 bits per heavy atom. The molecule has 2 aromatic rings. The summed E-state index contributed by atoms with van der Waals surface area (Å²) < 4.78 is 5.13. The van der Waals surface area contributed by atoms with Gasteiger partial charge in [-0.25, -0.2) is 4.79 Å². The zero-order valence-corrected chi connectivity index (χ0v) is 10.6. The zero-order valence-electron chi connectivity index (χ0n) is 10.6. The molecule has 1 amide bonds. The number of rotatable bonds is 2. The average molecular weight is 259 g/mol. The van der Waals surface area contributed by atoms with Crippen molar-refractivity contribution < 1.29 is 19.4 Å². The second-order valence-electron chi connectivity index (χ2n) is 4.07. The van der Waals surface area contributed by atoms with Gasteiger partial charge < -0.3 is 14.7 Å². The Morgan fingerprint density at radius 2 is 1.74 bits per heavy atom. The summed E-state index contributed by atoms with van der Waals surface area (Å²) in [6.07, 6.45) is 0. The standard InChI is InChI=1S/C14H13NO4/c1-15(13(16)14(17)18)11-5-3-10-8-12(19-2)6-4-9(10)7-11/h3-8H,1-2H3,(H,17,18). The second-order valence-corrected chi connectivity index (χ2v) is 4.07. The van der Waals surface area contributed by atoms with Gasteiger partial charge in [-0.05, 0) is 35.0 Å². The van der Waals surface area contributed by atoms with Crippen molar-refractivity contribution in [3.05, 3.63) is 36.4 Å². The van der Waals surface area contributed by atoms with Gasteiger partial charge in [-0.3, -0.25) is 4.79 Å². The summed E-state index contributed by atoms with van der Waals surface area (Å²) in [6.45, 7) is 0. The van der Waals surface area contributed by atoms with Crippen LogP contribution in [-0.2, 0) is 9.59 Å². The first-order valence-corrected chi connectivity index (χ1v) is 5.61. The van der Waals surface area contributed by atoms with Crippen molar-refractivity contribution in [2.75, 3.05) is 19.1 Å². The van der Waals surface area contributed by atoms with E-state index in [4.69, 9.17) is 9.84 Å². The molecular formula is C14H13NO4. The number of aliphatic carboxylic acids is 1. The van der Waals surface area contributed by atoms with Crippen LogP contribution in [0.15, 0.2) is 36.4 Å². The summed E-state index contributed by atoms with van der Waals surface area (Å²) in [5, 5.41) is 10.6. The Hall–Kier alpha value is -2.56. The van der Waals surface area contributed by atoms with Crippen LogP contribution in [0.4, 0.5) is 5.69 Å². The molecule has 0 aliphatic heterocycles. The van der Waals surface area contributed by atoms with Gasteiger partial charge in [0.1, 0.15) is 5.75 Å². The highest BCUT2D eigenvalue weighted by atomic mass is 16.5. The van der Waals surface area contributed by atoms with Crippen LogP contribution < -0.4 is 9.64 Å². The summed E-state index contributed by atoms with van der Waals surface area (Å²) in [5.41, 5.74) is 0.532. The molecule has 0 radical (unpaired) electrons. The van der Waals surface area contributed by atoms with Crippen LogP contribution >= 0.6 is 0 Å². The highest BCUT2D eigenvalue weighted by Gasteiger charge is 2.18. The Labute approximate surface area is 110 Å². The van der Waals surface area contributed by atoms with Crippen molar-refractivity contribution in [3.63, 3.8) is 0 Å². The Balaban J connectivity index is 2.42. The van der Waals surface area contributed by atoms with Gasteiger partial charge in [0.15, 0.2) is 0 Å². The molecular weight excluding hydrogens is 246 g/mol. The second kappa shape index (κ2) is 4.97.